The van der Waals surface area contributed by atoms with Gasteiger partial charge in [-0.05, 0) is 47.7 Å². The predicted octanol–water partition coefficient (Wildman–Crippen LogP) is 3.46. The molecule has 96 valence electrons. The monoisotopic (exact) mass is 296 g/mol. The van der Waals surface area contributed by atoms with Crippen molar-refractivity contribution in [2.75, 3.05) is 5.75 Å². The number of nitrogens with two attached hydrogens (primary N) is 1. The molecule has 1 aliphatic heterocycles. The standard InChI is InChI=1S/C13H16N2S3/c1-8-2-5-17-13(8)12(15-14)11-6-9-7-16-4-3-10(9)18-11/h2,5-6,12,15H,3-4,7,14H2,1H3. The van der Waals surface area contributed by atoms with Gasteiger partial charge in [-0.3, -0.25) is 5.84 Å². The van der Waals surface area contributed by atoms with Crippen LogP contribution in [0.2, 0.25) is 0 Å². The smallest absolute Gasteiger partial charge is 0.0897 e. The Morgan fingerprint density at radius 3 is 3.00 bits per heavy atom. The molecule has 2 nitrogen and oxygen atoms in total. The number of thiophene rings is 2. The van der Waals surface area contributed by atoms with Crippen LogP contribution in [0.4, 0.5) is 0 Å². The lowest BCUT2D eigenvalue weighted by Crippen LogP contribution is -2.28. The molecule has 0 bridgehead atoms. The number of fused-ring (bicyclic) bond motifs is 1. The molecule has 0 aliphatic carbocycles. The number of thioether (sulfide) groups is 1. The first-order valence-electron chi connectivity index (χ1n) is 5.99. The summed E-state index contributed by atoms with van der Waals surface area (Å²) in [5.41, 5.74) is 5.82. The van der Waals surface area contributed by atoms with Crippen LogP contribution in [-0.4, -0.2) is 5.75 Å². The largest absolute Gasteiger partial charge is 0.271 e. The Morgan fingerprint density at radius 1 is 1.44 bits per heavy atom. The van der Waals surface area contributed by atoms with Crippen molar-refractivity contribution in [1.29, 1.82) is 0 Å². The van der Waals surface area contributed by atoms with Crippen LogP contribution < -0.4 is 11.3 Å². The van der Waals surface area contributed by atoms with Crippen molar-refractivity contribution in [2.45, 2.75) is 25.1 Å². The molecule has 0 fully saturated rings. The molecule has 0 saturated heterocycles. The van der Waals surface area contributed by atoms with Gasteiger partial charge in [0.05, 0.1) is 6.04 Å². The number of rotatable bonds is 3. The van der Waals surface area contributed by atoms with E-state index in [-0.39, 0.29) is 6.04 Å². The fourth-order valence-electron chi connectivity index (χ4n) is 2.28. The number of nitrogens with one attached hydrogen (secondary N) is 1. The zero-order chi connectivity index (χ0) is 12.5. The first-order chi connectivity index (χ1) is 8.79. The van der Waals surface area contributed by atoms with Gasteiger partial charge in [-0.2, -0.15) is 11.8 Å². The first-order valence-corrected chi connectivity index (χ1v) is 8.84. The van der Waals surface area contributed by atoms with Crippen molar-refractivity contribution in [3.8, 4) is 0 Å². The second-order valence-corrected chi connectivity index (χ2v) is 7.69. The van der Waals surface area contributed by atoms with E-state index < -0.39 is 0 Å². The maximum absolute atomic E-state index is 5.78. The molecule has 1 aliphatic rings. The SMILES string of the molecule is Cc1ccsc1C(NN)c1cc2c(s1)CCSC2. The van der Waals surface area contributed by atoms with E-state index >= 15 is 0 Å². The average Bonchev–Trinajstić information content (AvgIpc) is 2.97. The van der Waals surface area contributed by atoms with Crippen molar-refractivity contribution in [3.05, 3.63) is 43.3 Å². The zero-order valence-electron chi connectivity index (χ0n) is 10.2. The second-order valence-electron chi connectivity index (χ2n) is 4.47. The van der Waals surface area contributed by atoms with Gasteiger partial charge >= 0.3 is 0 Å². The second kappa shape index (κ2) is 5.35. The van der Waals surface area contributed by atoms with E-state index in [4.69, 9.17) is 5.84 Å². The van der Waals surface area contributed by atoms with Gasteiger partial charge in [0.15, 0.2) is 0 Å². The summed E-state index contributed by atoms with van der Waals surface area (Å²) in [7, 11) is 0. The Labute approximate surface area is 120 Å². The molecule has 0 spiro atoms. The van der Waals surface area contributed by atoms with Gasteiger partial charge < -0.3 is 0 Å². The van der Waals surface area contributed by atoms with Gasteiger partial charge in [0.2, 0.25) is 0 Å². The van der Waals surface area contributed by atoms with Crippen LogP contribution in [-0.2, 0) is 12.2 Å². The van der Waals surface area contributed by atoms with Gasteiger partial charge in [0.1, 0.15) is 0 Å². The van der Waals surface area contributed by atoms with Crippen LogP contribution in [0.15, 0.2) is 17.5 Å². The zero-order valence-corrected chi connectivity index (χ0v) is 12.7. The normalized spacial score (nSPS) is 16.6. The van der Waals surface area contributed by atoms with E-state index in [1.807, 2.05) is 23.1 Å². The number of hydrogen-bond donors (Lipinski definition) is 2. The van der Waals surface area contributed by atoms with E-state index in [0.717, 1.165) is 5.75 Å². The minimum absolute atomic E-state index is 0.158. The number of aryl methyl sites for hydroxylation is 2. The fraction of sp³-hybridized carbons (Fsp3) is 0.385. The number of hydrogen-bond acceptors (Lipinski definition) is 5. The van der Waals surface area contributed by atoms with Crippen LogP contribution in [0.25, 0.3) is 0 Å². The van der Waals surface area contributed by atoms with E-state index in [2.05, 4.69) is 29.9 Å². The highest BCUT2D eigenvalue weighted by atomic mass is 32.2. The maximum atomic E-state index is 5.78. The Hall–Kier alpha value is -0.330. The van der Waals surface area contributed by atoms with Gasteiger partial charge in [-0.1, -0.05) is 0 Å². The topological polar surface area (TPSA) is 38.0 Å². The summed E-state index contributed by atoms with van der Waals surface area (Å²) >= 11 is 5.74. The lowest BCUT2D eigenvalue weighted by molar-refractivity contribution is 0.653. The molecule has 2 aromatic heterocycles. The van der Waals surface area contributed by atoms with Gasteiger partial charge in [-0.25, -0.2) is 5.43 Å². The summed E-state index contributed by atoms with van der Waals surface area (Å²) < 4.78 is 0. The van der Waals surface area contributed by atoms with Crippen molar-refractivity contribution in [2.24, 2.45) is 5.84 Å². The Morgan fingerprint density at radius 2 is 2.33 bits per heavy atom. The Balaban J connectivity index is 1.97. The summed E-state index contributed by atoms with van der Waals surface area (Å²) in [6.45, 7) is 2.15. The molecule has 1 atom stereocenters. The fourth-order valence-corrected chi connectivity index (χ4v) is 5.80. The molecule has 0 amide bonds. The lowest BCUT2D eigenvalue weighted by atomic mass is 10.1. The molecule has 0 saturated carbocycles. The third-order valence-electron chi connectivity index (χ3n) is 3.26. The molecule has 0 radical (unpaired) electrons. The molecule has 3 rings (SSSR count). The van der Waals surface area contributed by atoms with Crippen LogP contribution >= 0.6 is 34.4 Å². The minimum Gasteiger partial charge on any atom is -0.271 e. The molecule has 2 aromatic rings. The van der Waals surface area contributed by atoms with Crippen LogP contribution in [0.1, 0.15) is 31.8 Å². The maximum Gasteiger partial charge on any atom is 0.0897 e. The van der Waals surface area contributed by atoms with Crippen molar-refractivity contribution >= 4 is 34.4 Å². The number of hydrazine groups is 1. The predicted molar refractivity (Wildman–Crippen MR) is 82.4 cm³/mol. The van der Waals surface area contributed by atoms with Crippen LogP contribution in [0.3, 0.4) is 0 Å². The van der Waals surface area contributed by atoms with E-state index in [0.29, 0.717) is 0 Å². The summed E-state index contributed by atoms with van der Waals surface area (Å²) in [4.78, 5) is 4.25. The van der Waals surface area contributed by atoms with Crippen LogP contribution in [0.5, 0.6) is 0 Å². The minimum atomic E-state index is 0.158. The summed E-state index contributed by atoms with van der Waals surface area (Å²) in [6.07, 6.45) is 1.21. The molecule has 5 heteroatoms. The molecule has 18 heavy (non-hydrogen) atoms. The summed E-state index contributed by atoms with van der Waals surface area (Å²) in [6, 6.07) is 4.66. The molecule has 0 aromatic carbocycles. The summed E-state index contributed by atoms with van der Waals surface area (Å²) in [5, 5.41) is 2.14. The van der Waals surface area contributed by atoms with E-state index in [9.17, 15) is 0 Å². The van der Waals surface area contributed by atoms with Crippen molar-refractivity contribution in [3.63, 3.8) is 0 Å². The lowest BCUT2D eigenvalue weighted by Gasteiger charge is -2.13. The molecule has 3 heterocycles. The van der Waals surface area contributed by atoms with E-state index in [1.54, 1.807) is 16.2 Å². The van der Waals surface area contributed by atoms with Crippen molar-refractivity contribution < 1.29 is 0 Å². The third kappa shape index (κ3) is 2.26. The van der Waals surface area contributed by atoms with Gasteiger partial charge in [0.25, 0.3) is 0 Å². The highest BCUT2D eigenvalue weighted by Crippen LogP contribution is 2.38. The van der Waals surface area contributed by atoms with E-state index in [1.165, 1.54) is 33.1 Å². The molecular weight excluding hydrogens is 280 g/mol. The highest BCUT2D eigenvalue weighted by Gasteiger charge is 2.21. The first kappa shape index (κ1) is 12.7. The molecule has 1 unspecified atom stereocenters. The molecular formula is C13H16N2S3. The Kier molecular flexibility index (Phi) is 3.77. The quantitative estimate of drug-likeness (QED) is 0.673. The van der Waals surface area contributed by atoms with Gasteiger partial charge in [0, 0.05) is 20.4 Å². The summed E-state index contributed by atoms with van der Waals surface area (Å²) in [5.74, 6) is 8.20. The highest BCUT2D eigenvalue weighted by molar-refractivity contribution is 7.98. The van der Waals surface area contributed by atoms with Gasteiger partial charge in [-0.15, -0.1) is 22.7 Å². The van der Waals surface area contributed by atoms with Crippen molar-refractivity contribution in [1.82, 2.24) is 5.43 Å². The molecule has 3 N–H and O–H groups in total. The van der Waals surface area contributed by atoms with Crippen LogP contribution in [0, 0.1) is 6.92 Å². The average molecular weight is 296 g/mol. The third-order valence-corrected chi connectivity index (χ3v) is 6.66. The Bertz CT molecular complexity index is 521.